The van der Waals surface area contributed by atoms with Crippen molar-refractivity contribution < 1.29 is 9.90 Å². The Hall–Kier alpha value is -0.610. The highest BCUT2D eigenvalue weighted by molar-refractivity contribution is 5.70. The largest absolute Gasteiger partial charge is 0.481 e. The average Bonchev–Trinajstić information content (AvgIpc) is 2.27. The van der Waals surface area contributed by atoms with Gasteiger partial charge in [-0.2, -0.15) is 0 Å². The van der Waals surface area contributed by atoms with Crippen LogP contribution in [0.4, 0.5) is 0 Å². The molecule has 0 aromatic rings. The summed E-state index contributed by atoms with van der Waals surface area (Å²) in [5.41, 5.74) is 0. The van der Waals surface area contributed by atoms with Crippen LogP contribution in [0.5, 0.6) is 0 Å². The lowest BCUT2D eigenvalue weighted by molar-refractivity contribution is -0.142. The van der Waals surface area contributed by atoms with Crippen molar-refractivity contribution in [3.05, 3.63) is 0 Å². The van der Waals surface area contributed by atoms with Crippen LogP contribution in [0.25, 0.3) is 0 Å². The minimum atomic E-state index is -0.692. The highest BCUT2D eigenvalue weighted by atomic mass is 16.4. The number of aliphatic carboxylic acids is 1. The van der Waals surface area contributed by atoms with Crippen LogP contribution >= 0.6 is 0 Å². The van der Waals surface area contributed by atoms with Gasteiger partial charge < -0.3 is 10.4 Å². The Labute approximate surface area is 90.6 Å². The van der Waals surface area contributed by atoms with Crippen molar-refractivity contribution in [1.29, 1.82) is 0 Å². The van der Waals surface area contributed by atoms with E-state index in [1.807, 2.05) is 0 Å². The molecule has 3 unspecified atom stereocenters. The summed E-state index contributed by atoms with van der Waals surface area (Å²) >= 11 is 0. The quantitative estimate of drug-likeness (QED) is 0.701. The minimum Gasteiger partial charge on any atom is -0.481 e. The standard InChI is InChI=1S/C11H20N2O2/c1-8(11(14)15)10-7-13-5-3-2-4-9(13)6-12-10/h8-10,12H,2-7H2,1H3,(H,14,15). The molecule has 0 aromatic carbocycles. The number of carboxylic acid groups (broad SMARTS) is 1. The van der Waals surface area contributed by atoms with Crippen molar-refractivity contribution in [3.8, 4) is 0 Å². The third kappa shape index (κ3) is 2.32. The second-order valence-electron chi connectivity index (χ2n) is 4.79. The second kappa shape index (κ2) is 4.49. The van der Waals surface area contributed by atoms with Crippen molar-refractivity contribution >= 4 is 5.97 Å². The van der Waals surface area contributed by atoms with Crippen LogP contribution in [0.15, 0.2) is 0 Å². The van der Waals surface area contributed by atoms with Crippen LogP contribution in [0.2, 0.25) is 0 Å². The Kier molecular flexibility index (Phi) is 3.26. The van der Waals surface area contributed by atoms with Gasteiger partial charge in [-0.05, 0) is 19.4 Å². The van der Waals surface area contributed by atoms with Crippen LogP contribution in [0.1, 0.15) is 26.2 Å². The Morgan fingerprint density at radius 1 is 1.53 bits per heavy atom. The number of hydrogen-bond acceptors (Lipinski definition) is 3. The molecule has 2 saturated heterocycles. The van der Waals surface area contributed by atoms with Gasteiger partial charge in [0.05, 0.1) is 5.92 Å². The van der Waals surface area contributed by atoms with E-state index in [0.717, 1.165) is 19.6 Å². The SMILES string of the molecule is CC(C(=O)O)C1CN2CCCCC2CN1. The fourth-order valence-electron chi connectivity index (χ4n) is 2.64. The number of hydrogen-bond donors (Lipinski definition) is 2. The molecule has 2 aliphatic rings. The molecular formula is C11H20N2O2. The van der Waals surface area contributed by atoms with Crippen LogP contribution in [-0.4, -0.2) is 47.7 Å². The second-order valence-corrected chi connectivity index (χ2v) is 4.79. The van der Waals surface area contributed by atoms with Crippen molar-refractivity contribution in [1.82, 2.24) is 10.2 Å². The Bertz CT molecular complexity index is 245. The number of fused-ring (bicyclic) bond motifs is 1. The van der Waals surface area contributed by atoms with Crippen LogP contribution in [0.3, 0.4) is 0 Å². The molecule has 0 amide bonds. The lowest BCUT2D eigenvalue weighted by atomic mass is 9.93. The van der Waals surface area contributed by atoms with Gasteiger partial charge in [0.2, 0.25) is 0 Å². The maximum atomic E-state index is 10.9. The van der Waals surface area contributed by atoms with Crippen LogP contribution < -0.4 is 5.32 Å². The summed E-state index contributed by atoms with van der Waals surface area (Å²) in [6.45, 7) is 4.81. The molecule has 2 rings (SSSR count). The fraction of sp³-hybridized carbons (Fsp3) is 0.909. The third-order valence-electron chi connectivity index (χ3n) is 3.79. The monoisotopic (exact) mass is 212 g/mol. The van der Waals surface area contributed by atoms with Gasteiger partial charge in [-0.25, -0.2) is 0 Å². The predicted molar refractivity (Wildman–Crippen MR) is 57.8 cm³/mol. The van der Waals surface area contributed by atoms with E-state index in [1.165, 1.54) is 19.3 Å². The van der Waals surface area contributed by atoms with Gasteiger partial charge in [-0.15, -0.1) is 0 Å². The summed E-state index contributed by atoms with van der Waals surface area (Å²) < 4.78 is 0. The molecule has 2 heterocycles. The molecule has 0 radical (unpaired) electrons. The van der Waals surface area contributed by atoms with E-state index in [4.69, 9.17) is 5.11 Å². The number of piperidine rings is 1. The molecular weight excluding hydrogens is 192 g/mol. The zero-order valence-electron chi connectivity index (χ0n) is 9.28. The summed E-state index contributed by atoms with van der Waals surface area (Å²) in [6.07, 6.45) is 3.86. The molecule has 0 aliphatic carbocycles. The smallest absolute Gasteiger partial charge is 0.307 e. The lowest BCUT2D eigenvalue weighted by Crippen LogP contribution is -2.60. The lowest BCUT2D eigenvalue weighted by Gasteiger charge is -2.44. The molecule has 86 valence electrons. The van der Waals surface area contributed by atoms with Crippen molar-refractivity contribution in [2.24, 2.45) is 5.92 Å². The number of rotatable bonds is 2. The summed E-state index contributed by atoms with van der Waals surface area (Å²) in [4.78, 5) is 13.4. The molecule has 0 aromatic heterocycles. The summed E-state index contributed by atoms with van der Waals surface area (Å²) in [7, 11) is 0. The van der Waals surface area contributed by atoms with Crippen molar-refractivity contribution in [2.45, 2.75) is 38.3 Å². The van der Waals surface area contributed by atoms with Gasteiger partial charge in [0, 0.05) is 25.2 Å². The maximum Gasteiger partial charge on any atom is 0.307 e. The van der Waals surface area contributed by atoms with E-state index >= 15 is 0 Å². The zero-order valence-corrected chi connectivity index (χ0v) is 9.28. The van der Waals surface area contributed by atoms with Crippen LogP contribution in [-0.2, 0) is 4.79 Å². The Morgan fingerprint density at radius 2 is 2.33 bits per heavy atom. The molecule has 4 heteroatoms. The van der Waals surface area contributed by atoms with Gasteiger partial charge in [-0.3, -0.25) is 9.69 Å². The number of carbonyl (C=O) groups is 1. The molecule has 4 nitrogen and oxygen atoms in total. The molecule has 2 aliphatic heterocycles. The Morgan fingerprint density at radius 3 is 3.07 bits per heavy atom. The number of piperazine rings is 1. The molecule has 15 heavy (non-hydrogen) atoms. The minimum absolute atomic E-state index is 0.122. The van der Waals surface area contributed by atoms with Crippen LogP contribution in [0, 0.1) is 5.92 Å². The van der Waals surface area contributed by atoms with E-state index in [0.29, 0.717) is 6.04 Å². The van der Waals surface area contributed by atoms with E-state index < -0.39 is 5.97 Å². The number of nitrogens with one attached hydrogen (secondary N) is 1. The third-order valence-corrected chi connectivity index (χ3v) is 3.79. The molecule has 0 saturated carbocycles. The normalized spacial score (nSPS) is 34.5. The van der Waals surface area contributed by atoms with Gasteiger partial charge in [-0.1, -0.05) is 13.3 Å². The zero-order chi connectivity index (χ0) is 10.8. The fourth-order valence-corrected chi connectivity index (χ4v) is 2.64. The Balaban J connectivity index is 1.93. The first-order chi connectivity index (χ1) is 7.18. The van der Waals surface area contributed by atoms with Gasteiger partial charge >= 0.3 is 5.97 Å². The first-order valence-electron chi connectivity index (χ1n) is 5.88. The highest BCUT2D eigenvalue weighted by Crippen LogP contribution is 2.21. The topological polar surface area (TPSA) is 52.6 Å². The summed E-state index contributed by atoms with van der Waals surface area (Å²) in [5.74, 6) is -0.976. The van der Waals surface area contributed by atoms with Gasteiger partial charge in [0.1, 0.15) is 0 Å². The van der Waals surface area contributed by atoms with E-state index in [9.17, 15) is 4.79 Å². The predicted octanol–water partition coefficient (Wildman–Crippen LogP) is 0.533. The number of carboxylic acids is 1. The van der Waals surface area contributed by atoms with E-state index in [1.54, 1.807) is 6.92 Å². The molecule has 0 spiro atoms. The molecule has 0 bridgehead atoms. The van der Waals surface area contributed by atoms with E-state index in [-0.39, 0.29) is 12.0 Å². The number of nitrogens with zero attached hydrogens (tertiary/aromatic N) is 1. The first-order valence-corrected chi connectivity index (χ1v) is 5.88. The molecule has 2 fully saturated rings. The summed E-state index contributed by atoms with van der Waals surface area (Å²) in [5, 5.41) is 12.3. The molecule has 3 atom stereocenters. The maximum absolute atomic E-state index is 10.9. The highest BCUT2D eigenvalue weighted by Gasteiger charge is 2.33. The van der Waals surface area contributed by atoms with Gasteiger partial charge in [0.15, 0.2) is 0 Å². The van der Waals surface area contributed by atoms with Crippen molar-refractivity contribution in [3.63, 3.8) is 0 Å². The van der Waals surface area contributed by atoms with Crippen molar-refractivity contribution in [2.75, 3.05) is 19.6 Å². The first kappa shape index (κ1) is 10.9. The summed E-state index contributed by atoms with van der Waals surface area (Å²) in [6, 6.07) is 0.771. The molecule has 2 N–H and O–H groups in total. The van der Waals surface area contributed by atoms with Gasteiger partial charge in [0.25, 0.3) is 0 Å². The van der Waals surface area contributed by atoms with E-state index in [2.05, 4.69) is 10.2 Å². The average molecular weight is 212 g/mol.